The van der Waals surface area contributed by atoms with Crippen LogP contribution in [0.4, 0.5) is 0 Å². The lowest BCUT2D eigenvalue weighted by Crippen LogP contribution is -2.38. The van der Waals surface area contributed by atoms with Gasteiger partial charge in [0.2, 0.25) is 0 Å². The van der Waals surface area contributed by atoms with Crippen molar-refractivity contribution in [3.8, 4) is 0 Å². The molecule has 0 aromatic heterocycles. The van der Waals surface area contributed by atoms with Crippen molar-refractivity contribution in [1.29, 1.82) is 0 Å². The van der Waals surface area contributed by atoms with Crippen LogP contribution in [0.15, 0.2) is 24.3 Å². The first-order valence-electron chi connectivity index (χ1n) is 8.49. The summed E-state index contributed by atoms with van der Waals surface area (Å²) in [6.45, 7) is 7.70. The maximum absolute atomic E-state index is 10.5. The molecular formula is C18H28N2O. The minimum atomic E-state index is -0.358. The Hall–Kier alpha value is -0.900. The molecule has 3 rings (SSSR count). The van der Waals surface area contributed by atoms with Gasteiger partial charge < -0.3 is 5.11 Å². The Morgan fingerprint density at radius 3 is 2.67 bits per heavy atom. The van der Waals surface area contributed by atoms with Crippen molar-refractivity contribution in [3.05, 3.63) is 35.4 Å². The van der Waals surface area contributed by atoms with E-state index in [0.717, 1.165) is 37.7 Å². The maximum atomic E-state index is 10.5. The molecule has 3 heteroatoms. The van der Waals surface area contributed by atoms with Gasteiger partial charge in [0.1, 0.15) is 0 Å². The smallest absolute Gasteiger partial charge is 0.0916 e. The second-order valence-electron chi connectivity index (χ2n) is 6.56. The molecule has 2 unspecified atom stereocenters. The first kappa shape index (κ1) is 15.0. The van der Waals surface area contributed by atoms with E-state index < -0.39 is 0 Å². The van der Waals surface area contributed by atoms with Crippen LogP contribution in [0.25, 0.3) is 0 Å². The van der Waals surface area contributed by atoms with Crippen LogP contribution >= 0.6 is 0 Å². The molecule has 1 N–H and O–H groups in total. The minimum Gasteiger partial charge on any atom is -0.387 e. The number of benzene rings is 1. The van der Waals surface area contributed by atoms with E-state index in [1.807, 2.05) is 0 Å². The monoisotopic (exact) mass is 288 g/mol. The van der Waals surface area contributed by atoms with Gasteiger partial charge in [-0.05, 0) is 56.4 Å². The Labute approximate surface area is 128 Å². The van der Waals surface area contributed by atoms with E-state index in [-0.39, 0.29) is 6.10 Å². The summed E-state index contributed by atoms with van der Waals surface area (Å²) in [7, 11) is 0. The molecule has 2 aliphatic heterocycles. The summed E-state index contributed by atoms with van der Waals surface area (Å²) in [5, 5.41) is 10.5. The molecule has 3 nitrogen and oxygen atoms in total. The Bertz CT molecular complexity index is 445. The molecule has 1 aromatic rings. The van der Waals surface area contributed by atoms with Crippen LogP contribution in [0.1, 0.15) is 43.4 Å². The number of rotatable bonds is 4. The molecule has 2 saturated heterocycles. The first-order chi connectivity index (χ1) is 10.3. The lowest BCUT2D eigenvalue weighted by atomic mass is 10.0. The summed E-state index contributed by atoms with van der Waals surface area (Å²) in [5.74, 6) is 0. The molecule has 0 bridgehead atoms. The summed E-state index contributed by atoms with van der Waals surface area (Å²) < 4.78 is 0. The van der Waals surface area contributed by atoms with Gasteiger partial charge in [-0.2, -0.15) is 0 Å². The van der Waals surface area contributed by atoms with E-state index in [2.05, 4.69) is 41.0 Å². The predicted molar refractivity (Wildman–Crippen MR) is 86.4 cm³/mol. The molecule has 116 valence electrons. The van der Waals surface area contributed by atoms with Crippen molar-refractivity contribution in [3.63, 3.8) is 0 Å². The largest absolute Gasteiger partial charge is 0.387 e. The molecule has 0 saturated carbocycles. The number of hydrogen-bond acceptors (Lipinski definition) is 3. The molecule has 2 atom stereocenters. The molecule has 0 spiro atoms. The third-order valence-electron chi connectivity index (χ3n) is 5.09. The van der Waals surface area contributed by atoms with Gasteiger partial charge in [-0.15, -0.1) is 0 Å². The second kappa shape index (κ2) is 6.91. The van der Waals surface area contributed by atoms with Gasteiger partial charge >= 0.3 is 0 Å². The zero-order chi connectivity index (χ0) is 14.7. The van der Waals surface area contributed by atoms with E-state index in [4.69, 9.17) is 0 Å². The van der Waals surface area contributed by atoms with Gasteiger partial charge in [0, 0.05) is 19.1 Å². The summed E-state index contributed by atoms with van der Waals surface area (Å²) in [6.07, 6.45) is 4.61. The number of aliphatic hydroxyl groups is 1. The number of aryl methyl sites for hydroxylation is 1. The minimum absolute atomic E-state index is 0.358. The van der Waals surface area contributed by atoms with E-state index in [1.54, 1.807) is 0 Å². The van der Waals surface area contributed by atoms with Crippen molar-refractivity contribution in [2.75, 3.05) is 32.7 Å². The molecule has 21 heavy (non-hydrogen) atoms. The molecular weight excluding hydrogens is 260 g/mol. The first-order valence-corrected chi connectivity index (χ1v) is 8.49. The number of fused-ring (bicyclic) bond motifs is 1. The molecule has 2 heterocycles. The van der Waals surface area contributed by atoms with E-state index in [0.29, 0.717) is 0 Å². The number of aliphatic hydroxyl groups excluding tert-OH is 1. The Morgan fingerprint density at radius 1 is 1.14 bits per heavy atom. The van der Waals surface area contributed by atoms with Crippen molar-refractivity contribution in [2.24, 2.45) is 0 Å². The van der Waals surface area contributed by atoms with Gasteiger partial charge in [0.25, 0.3) is 0 Å². The third-order valence-corrected chi connectivity index (χ3v) is 5.09. The number of β-amino-alcohol motifs (C(OH)–C–C–N with tert-alkyl or cyclic N) is 1. The van der Waals surface area contributed by atoms with Crippen LogP contribution in [0.2, 0.25) is 0 Å². The van der Waals surface area contributed by atoms with E-state index >= 15 is 0 Å². The standard InChI is InChI=1S/C18H28N2O/c1-2-15-6-8-16(9-7-15)18(21)14-19-10-4-12-20-11-3-5-17(20)13-19/h6-9,17-18,21H,2-5,10-14H2,1H3. The SMILES string of the molecule is CCc1ccc(C(O)CN2CCCN3CCCC3C2)cc1. The zero-order valence-electron chi connectivity index (χ0n) is 13.2. The van der Waals surface area contributed by atoms with Gasteiger partial charge in [-0.25, -0.2) is 0 Å². The topological polar surface area (TPSA) is 26.7 Å². The molecule has 2 aliphatic rings. The highest BCUT2D eigenvalue weighted by atomic mass is 16.3. The van der Waals surface area contributed by atoms with Crippen LogP contribution < -0.4 is 0 Å². The highest BCUT2D eigenvalue weighted by Gasteiger charge is 2.29. The highest BCUT2D eigenvalue weighted by molar-refractivity contribution is 5.24. The fraction of sp³-hybridized carbons (Fsp3) is 0.667. The zero-order valence-corrected chi connectivity index (χ0v) is 13.2. The van der Waals surface area contributed by atoms with Gasteiger partial charge in [0.05, 0.1) is 6.10 Å². The van der Waals surface area contributed by atoms with Gasteiger partial charge in [-0.3, -0.25) is 9.80 Å². The van der Waals surface area contributed by atoms with E-state index in [1.165, 1.54) is 37.9 Å². The van der Waals surface area contributed by atoms with Gasteiger partial charge in [0.15, 0.2) is 0 Å². The van der Waals surface area contributed by atoms with Crippen LogP contribution in [0, 0.1) is 0 Å². The van der Waals surface area contributed by atoms with Crippen molar-refractivity contribution < 1.29 is 5.11 Å². The molecule has 1 aromatic carbocycles. The number of nitrogens with zero attached hydrogens (tertiary/aromatic N) is 2. The lowest BCUT2D eigenvalue weighted by Gasteiger charge is -2.27. The summed E-state index contributed by atoms with van der Waals surface area (Å²) in [6, 6.07) is 9.17. The number of hydrogen-bond donors (Lipinski definition) is 1. The Balaban J connectivity index is 1.59. The molecule has 0 aliphatic carbocycles. The van der Waals surface area contributed by atoms with Crippen LogP contribution in [-0.4, -0.2) is 53.7 Å². The average Bonchev–Trinajstić information content (AvgIpc) is 2.86. The molecule has 2 fully saturated rings. The summed E-state index contributed by atoms with van der Waals surface area (Å²) >= 11 is 0. The fourth-order valence-electron chi connectivity index (χ4n) is 3.77. The second-order valence-corrected chi connectivity index (χ2v) is 6.56. The molecule has 0 radical (unpaired) electrons. The quantitative estimate of drug-likeness (QED) is 0.922. The third kappa shape index (κ3) is 3.65. The van der Waals surface area contributed by atoms with Crippen molar-refractivity contribution in [1.82, 2.24) is 9.80 Å². The van der Waals surface area contributed by atoms with Crippen molar-refractivity contribution in [2.45, 2.75) is 44.8 Å². The van der Waals surface area contributed by atoms with E-state index in [9.17, 15) is 5.11 Å². The maximum Gasteiger partial charge on any atom is 0.0916 e. The Kier molecular flexibility index (Phi) is 4.94. The van der Waals surface area contributed by atoms with Crippen molar-refractivity contribution >= 4 is 0 Å². The summed E-state index contributed by atoms with van der Waals surface area (Å²) in [4.78, 5) is 5.11. The normalized spacial score (nSPS) is 25.5. The summed E-state index contributed by atoms with van der Waals surface area (Å²) in [5.41, 5.74) is 2.39. The fourth-order valence-corrected chi connectivity index (χ4v) is 3.77. The van der Waals surface area contributed by atoms with Crippen LogP contribution in [0.5, 0.6) is 0 Å². The highest BCUT2D eigenvalue weighted by Crippen LogP contribution is 2.23. The van der Waals surface area contributed by atoms with Gasteiger partial charge in [-0.1, -0.05) is 31.2 Å². The van der Waals surface area contributed by atoms with Crippen LogP contribution in [-0.2, 0) is 6.42 Å². The lowest BCUT2D eigenvalue weighted by molar-refractivity contribution is 0.108. The molecule has 0 amide bonds. The average molecular weight is 288 g/mol. The van der Waals surface area contributed by atoms with Crippen LogP contribution in [0.3, 0.4) is 0 Å². The Morgan fingerprint density at radius 2 is 1.90 bits per heavy atom. The predicted octanol–water partition coefficient (Wildman–Crippen LogP) is 2.45.